The average Bonchev–Trinajstić information content (AvgIpc) is 2.24. The van der Waals surface area contributed by atoms with Crippen molar-refractivity contribution in [3.63, 3.8) is 0 Å². The van der Waals surface area contributed by atoms with Crippen molar-refractivity contribution in [2.75, 3.05) is 12.3 Å². The minimum absolute atomic E-state index is 0.0153. The summed E-state index contributed by atoms with van der Waals surface area (Å²) in [6.07, 6.45) is -4.48. The van der Waals surface area contributed by atoms with Gasteiger partial charge in [-0.25, -0.2) is 4.79 Å². The van der Waals surface area contributed by atoms with Gasteiger partial charge in [0.2, 0.25) is 0 Å². The molecule has 0 radical (unpaired) electrons. The first kappa shape index (κ1) is 16.1. The van der Waals surface area contributed by atoms with E-state index < -0.39 is 24.4 Å². The Morgan fingerprint density at radius 1 is 1.25 bits per heavy atom. The Morgan fingerprint density at radius 2 is 1.85 bits per heavy atom. The molecule has 0 saturated carbocycles. The molecular formula is C13H16F3NO3. The number of nitrogen functional groups attached to an aromatic ring is 1. The molecule has 0 unspecified atom stereocenters. The van der Waals surface area contributed by atoms with Crippen LogP contribution in [0.5, 0.6) is 5.75 Å². The van der Waals surface area contributed by atoms with Crippen LogP contribution in [-0.2, 0) is 4.74 Å². The molecule has 0 aromatic heterocycles. The summed E-state index contributed by atoms with van der Waals surface area (Å²) in [4.78, 5) is 11.8. The quantitative estimate of drug-likeness (QED) is 0.686. The van der Waals surface area contributed by atoms with Gasteiger partial charge in [0, 0.05) is 0 Å². The summed E-state index contributed by atoms with van der Waals surface area (Å²) in [5, 5.41) is 0. The van der Waals surface area contributed by atoms with Crippen LogP contribution < -0.4 is 10.5 Å². The summed E-state index contributed by atoms with van der Waals surface area (Å²) < 4.78 is 46.0. The van der Waals surface area contributed by atoms with Crippen molar-refractivity contribution in [2.24, 2.45) is 0 Å². The Balaban J connectivity index is 2.88. The highest BCUT2D eigenvalue weighted by molar-refractivity contribution is 5.91. The number of halogens is 3. The lowest BCUT2D eigenvalue weighted by molar-refractivity contribution is -0.153. The van der Waals surface area contributed by atoms with E-state index in [4.69, 9.17) is 10.5 Å². The maximum absolute atomic E-state index is 12.1. The molecule has 2 N–H and O–H groups in total. The van der Waals surface area contributed by atoms with Gasteiger partial charge in [-0.05, 0) is 39.0 Å². The number of rotatable bonds is 3. The molecule has 1 aromatic rings. The van der Waals surface area contributed by atoms with Crippen LogP contribution in [-0.4, -0.2) is 24.4 Å². The van der Waals surface area contributed by atoms with Crippen molar-refractivity contribution < 1.29 is 27.4 Å². The van der Waals surface area contributed by atoms with E-state index in [2.05, 4.69) is 4.74 Å². The van der Waals surface area contributed by atoms with Gasteiger partial charge >= 0.3 is 12.1 Å². The van der Waals surface area contributed by atoms with Gasteiger partial charge in [0.15, 0.2) is 6.61 Å². The summed E-state index contributed by atoms with van der Waals surface area (Å²) in [6, 6.07) is 3.80. The van der Waals surface area contributed by atoms with Crippen molar-refractivity contribution >= 4 is 11.7 Å². The number of esters is 1. The fraction of sp³-hybridized carbons (Fsp3) is 0.462. The smallest absolute Gasteiger partial charge is 0.422 e. The van der Waals surface area contributed by atoms with Crippen molar-refractivity contribution in [1.82, 2.24) is 0 Å². The summed E-state index contributed by atoms with van der Waals surface area (Å²) in [6.45, 7) is 3.57. The molecule has 0 amide bonds. The molecule has 0 aliphatic rings. The molecule has 0 aliphatic carbocycles. The molecule has 112 valence electrons. The van der Waals surface area contributed by atoms with Crippen molar-refractivity contribution in [2.45, 2.75) is 32.5 Å². The zero-order valence-corrected chi connectivity index (χ0v) is 11.4. The Morgan fingerprint density at radius 3 is 2.35 bits per heavy atom. The second kappa shape index (κ2) is 5.60. The van der Waals surface area contributed by atoms with Gasteiger partial charge in [0.1, 0.15) is 11.4 Å². The average molecular weight is 291 g/mol. The van der Waals surface area contributed by atoms with Gasteiger partial charge in [-0.15, -0.1) is 0 Å². The highest BCUT2D eigenvalue weighted by Crippen LogP contribution is 2.26. The molecular weight excluding hydrogens is 275 g/mol. The third kappa shape index (κ3) is 5.38. The highest BCUT2D eigenvalue weighted by atomic mass is 19.4. The minimum Gasteiger partial charge on any atom is -0.482 e. The van der Waals surface area contributed by atoms with Crippen LogP contribution in [0.1, 0.15) is 31.1 Å². The van der Waals surface area contributed by atoms with E-state index >= 15 is 0 Å². The van der Waals surface area contributed by atoms with Crippen LogP contribution in [0.25, 0.3) is 0 Å². The fourth-order valence-electron chi connectivity index (χ4n) is 1.28. The van der Waals surface area contributed by atoms with E-state index in [1.54, 1.807) is 20.8 Å². The first-order valence-electron chi connectivity index (χ1n) is 5.80. The topological polar surface area (TPSA) is 61.5 Å². The van der Waals surface area contributed by atoms with Crippen LogP contribution in [0.2, 0.25) is 0 Å². The molecule has 1 rings (SSSR count). The molecule has 0 aliphatic heterocycles. The fourth-order valence-corrected chi connectivity index (χ4v) is 1.28. The lowest BCUT2D eigenvalue weighted by Gasteiger charge is -2.20. The van der Waals surface area contributed by atoms with Crippen LogP contribution in [0.4, 0.5) is 18.9 Å². The van der Waals surface area contributed by atoms with Gasteiger partial charge < -0.3 is 15.2 Å². The molecule has 0 heterocycles. The number of anilines is 1. The van der Waals surface area contributed by atoms with Crippen LogP contribution in [0.15, 0.2) is 18.2 Å². The Hall–Kier alpha value is -1.92. The van der Waals surface area contributed by atoms with E-state index in [0.717, 1.165) is 6.07 Å². The third-order valence-electron chi connectivity index (χ3n) is 2.04. The van der Waals surface area contributed by atoms with Gasteiger partial charge in [0.25, 0.3) is 0 Å². The van der Waals surface area contributed by atoms with Crippen molar-refractivity contribution in [3.8, 4) is 5.75 Å². The van der Waals surface area contributed by atoms with Gasteiger partial charge in [-0.1, -0.05) is 0 Å². The van der Waals surface area contributed by atoms with E-state index in [1.165, 1.54) is 12.1 Å². The SMILES string of the molecule is CC(C)(C)OC(=O)c1ccc(N)c(OCC(F)(F)F)c1. The van der Waals surface area contributed by atoms with Gasteiger partial charge in [-0.2, -0.15) is 13.2 Å². The largest absolute Gasteiger partial charge is 0.482 e. The normalized spacial score (nSPS) is 12.1. The molecule has 0 bridgehead atoms. The number of carbonyl (C=O) groups is 1. The molecule has 0 atom stereocenters. The number of carbonyl (C=O) groups excluding carboxylic acids is 1. The number of hydrogen-bond donors (Lipinski definition) is 1. The summed E-state index contributed by atoms with van der Waals surface area (Å²) in [7, 11) is 0. The molecule has 0 spiro atoms. The number of benzene rings is 1. The van der Waals surface area contributed by atoms with Crippen molar-refractivity contribution in [3.05, 3.63) is 23.8 Å². The van der Waals surface area contributed by atoms with Crippen LogP contribution in [0.3, 0.4) is 0 Å². The number of ether oxygens (including phenoxy) is 2. The van der Waals surface area contributed by atoms with E-state index in [0.29, 0.717) is 0 Å². The van der Waals surface area contributed by atoms with Gasteiger partial charge in [0.05, 0.1) is 11.3 Å². The zero-order valence-electron chi connectivity index (χ0n) is 11.4. The molecule has 0 fully saturated rings. The summed E-state index contributed by atoms with van der Waals surface area (Å²) >= 11 is 0. The number of alkyl halides is 3. The molecule has 1 aromatic carbocycles. The summed E-state index contributed by atoms with van der Waals surface area (Å²) in [5.41, 5.74) is 4.89. The third-order valence-corrected chi connectivity index (χ3v) is 2.04. The van der Waals surface area contributed by atoms with E-state index in [1.807, 2.05) is 0 Å². The van der Waals surface area contributed by atoms with E-state index in [9.17, 15) is 18.0 Å². The van der Waals surface area contributed by atoms with Crippen molar-refractivity contribution in [1.29, 1.82) is 0 Å². The first-order chi connectivity index (χ1) is 8.98. The molecule has 20 heavy (non-hydrogen) atoms. The molecule has 0 saturated heterocycles. The predicted molar refractivity (Wildman–Crippen MR) is 67.6 cm³/mol. The zero-order chi connectivity index (χ0) is 15.6. The van der Waals surface area contributed by atoms with Crippen LogP contribution >= 0.6 is 0 Å². The van der Waals surface area contributed by atoms with Crippen LogP contribution in [0, 0.1) is 0 Å². The standard InChI is InChI=1S/C13H16F3NO3/c1-12(2,3)20-11(18)8-4-5-9(17)10(6-8)19-7-13(14,15)16/h4-6H,7,17H2,1-3H3. The second-order valence-electron chi connectivity index (χ2n) is 5.16. The maximum atomic E-state index is 12.1. The predicted octanol–water partition coefficient (Wildman–Crippen LogP) is 3.17. The number of nitrogens with two attached hydrogens (primary N) is 1. The first-order valence-corrected chi connectivity index (χ1v) is 5.80. The highest BCUT2D eigenvalue weighted by Gasteiger charge is 2.29. The molecule has 7 heteroatoms. The Kier molecular flexibility index (Phi) is 4.52. The second-order valence-corrected chi connectivity index (χ2v) is 5.16. The minimum atomic E-state index is -4.48. The molecule has 4 nitrogen and oxygen atoms in total. The monoisotopic (exact) mass is 291 g/mol. The van der Waals surface area contributed by atoms with E-state index in [-0.39, 0.29) is 17.0 Å². The van der Waals surface area contributed by atoms with Gasteiger partial charge in [-0.3, -0.25) is 0 Å². The number of hydrogen-bond acceptors (Lipinski definition) is 4. The Bertz CT molecular complexity index is 493. The lowest BCUT2D eigenvalue weighted by atomic mass is 10.1. The Labute approximate surface area is 114 Å². The lowest BCUT2D eigenvalue weighted by Crippen LogP contribution is -2.24. The summed E-state index contributed by atoms with van der Waals surface area (Å²) in [5.74, 6) is -0.861. The maximum Gasteiger partial charge on any atom is 0.422 e.